The van der Waals surface area contributed by atoms with Crippen molar-refractivity contribution in [1.82, 2.24) is 10.2 Å². The second kappa shape index (κ2) is 5.57. The molecular formula is C14H24N2O2. The molecule has 2 heterocycles. The lowest BCUT2D eigenvalue weighted by molar-refractivity contribution is -0.142. The third-order valence-electron chi connectivity index (χ3n) is 4.40. The third kappa shape index (κ3) is 3.04. The van der Waals surface area contributed by atoms with Crippen LogP contribution in [0, 0.1) is 5.92 Å². The Morgan fingerprint density at radius 2 is 1.94 bits per heavy atom. The number of hydrogen-bond acceptors (Lipinski definition) is 3. The maximum absolute atomic E-state index is 12.2. The Hall–Kier alpha value is -0.610. The molecule has 0 unspecified atom stereocenters. The summed E-state index contributed by atoms with van der Waals surface area (Å²) in [5, 5.41) is 3.64. The van der Waals surface area contributed by atoms with Gasteiger partial charge in [0.1, 0.15) is 6.10 Å². The summed E-state index contributed by atoms with van der Waals surface area (Å²) in [6, 6.07) is 0.624. The number of hydrogen-bond donors (Lipinski definition) is 1. The van der Waals surface area contributed by atoms with Gasteiger partial charge < -0.3 is 15.0 Å². The molecule has 0 aromatic rings. The van der Waals surface area contributed by atoms with Gasteiger partial charge in [0.15, 0.2) is 0 Å². The summed E-state index contributed by atoms with van der Waals surface area (Å²) in [6.07, 6.45) is 6.83. The first-order valence-electron chi connectivity index (χ1n) is 7.46. The maximum Gasteiger partial charge on any atom is 0.251 e. The van der Waals surface area contributed by atoms with Crippen molar-refractivity contribution < 1.29 is 9.53 Å². The standard InChI is InChI=1S/C14H24N2O2/c17-14(13-2-1-9-18-13)16-7-5-12(6-8-16)15-10-11-3-4-11/h11-13,15H,1-10H2/t13-/m1/s1. The van der Waals surface area contributed by atoms with E-state index in [1.165, 1.54) is 19.4 Å². The van der Waals surface area contributed by atoms with Crippen molar-refractivity contribution >= 4 is 5.91 Å². The molecule has 102 valence electrons. The minimum atomic E-state index is -0.138. The van der Waals surface area contributed by atoms with Crippen molar-refractivity contribution in [3.8, 4) is 0 Å². The number of amides is 1. The first kappa shape index (κ1) is 12.4. The van der Waals surface area contributed by atoms with Gasteiger partial charge in [0, 0.05) is 25.7 Å². The maximum atomic E-state index is 12.2. The Labute approximate surface area is 109 Å². The van der Waals surface area contributed by atoms with Crippen LogP contribution in [0.15, 0.2) is 0 Å². The van der Waals surface area contributed by atoms with Gasteiger partial charge in [-0.05, 0) is 51.0 Å². The van der Waals surface area contributed by atoms with Crippen LogP contribution in [-0.4, -0.2) is 49.2 Å². The molecule has 1 saturated carbocycles. The first-order valence-corrected chi connectivity index (χ1v) is 7.46. The lowest BCUT2D eigenvalue weighted by atomic mass is 10.0. The molecule has 0 bridgehead atoms. The predicted molar refractivity (Wildman–Crippen MR) is 69.3 cm³/mol. The predicted octanol–water partition coefficient (Wildman–Crippen LogP) is 1.16. The highest BCUT2D eigenvalue weighted by atomic mass is 16.5. The van der Waals surface area contributed by atoms with Gasteiger partial charge in [-0.3, -0.25) is 4.79 Å². The Morgan fingerprint density at radius 1 is 1.17 bits per heavy atom. The smallest absolute Gasteiger partial charge is 0.251 e. The molecule has 4 heteroatoms. The summed E-state index contributed by atoms with van der Waals surface area (Å²) < 4.78 is 5.48. The molecule has 2 aliphatic heterocycles. The Kier molecular flexibility index (Phi) is 3.85. The van der Waals surface area contributed by atoms with E-state index in [1.807, 2.05) is 4.90 Å². The van der Waals surface area contributed by atoms with E-state index < -0.39 is 0 Å². The van der Waals surface area contributed by atoms with Gasteiger partial charge in [0.25, 0.3) is 5.91 Å². The molecule has 3 rings (SSSR count). The summed E-state index contributed by atoms with van der Waals surface area (Å²) in [5.74, 6) is 1.17. The average molecular weight is 252 g/mol. The number of piperidine rings is 1. The summed E-state index contributed by atoms with van der Waals surface area (Å²) in [6.45, 7) is 3.75. The SMILES string of the molecule is O=C([C@H]1CCCO1)N1CCC(NCC2CC2)CC1. The molecule has 4 nitrogen and oxygen atoms in total. The van der Waals surface area contributed by atoms with E-state index in [2.05, 4.69) is 5.32 Å². The van der Waals surface area contributed by atoms with Crippen LogP contribution in [0.2, 0.25) is 0 Å². The van der Waals surface area contributed by atoms with Crippen molar-refractivity contribution in [2.75, 3.05) is 26.2 Å². The zero-order valence-electron chi connectivity index (χ0n) is 11.1. The van der Waals surface area contributed by atoms with Crippen molar-refractivity contribution in [1.29, 1.82) is 0 Å². The highest BCUT2D eigenvalue weighted by Crippen LogP contribution is 2.28. The number of nitrogens with zero attached hydrogens (tertiary/aromatic N) is 1. The number of carbonyl (C=O) groups excluding carboxylic acids is 1. The fourth-order valence-electron chi connectivity index (χ4n) is 2.94. The minimum Gasteiger partial charge on any atom is -0.368 e. The number of rotatable bonds is 4. The van der Waals surface area contributed by atoms with Gasteiger partial charge in [-0.15, -0.1) is 0 Å². The van der Waals surface area contributed by atoms with Crippen LogP contribution in [-0.2, 0) is 9.53 Å². The Bertz CT molecular complexity index is 290. The molecule has 2 saturated heterocycles. The lowest BCUT2D eigenvalue weighted by Gasteiger charge is -2.33. The highest BCUT2D eigenvalue weighted by molar-refractivity contribution is 5.81. The molecule has 18 heavy (non-hydrogen) atoms. The van der Waals surface area contributed by atoms with Crippen LogP contribution >= 0.6 is 0 Å². The molecule has 1 aliphatic carbocycles. The minimum absolute atomic E-state index is 0.138. The molecular weight excluding hydrogens is 228 g/mol. The number of carbonyl (C=O) groups is 1. The fraction of sp³-hybridized carbons (Fsp3) is 0.929. The Morgan fingerprint density at radius 3 is 2.56 bits per heavy atom. The van der Waals surface area contributed by atoms with Gasteiger partial charge >= 0.3 is 0 Å². The number of nitrogens with one attached hydrogen (secondary N) is 1. The summed E-state index contributed by atoms with van der Waals surface area (Å²) in [5.41, 5.74) is 0. The molecule has 1 amide bonds. The van der Waals surface area contributed by atoms with Gasteiger partial charge in [-0.25, -0.2) is 0 Å². The second-order valence-corrected chi connectivity index (χ2v) is 5.95. The molecule has 1 atom stereocenters. The van der Waals surface area contributed by atoms with E-state index in [1.54, 1.807) is 0 Å². The van der Waals surface area contributed by atoms with Crippen molar-refractivity contribution in [2.24, 2.45) is 5.92 Å². The number of likely N-dealkylation sites (tertiary alicyclic amines) is 1. The monoisotopic (exact) mass is 252 g/mol. The van der Waals surface area contributed by atoms with E-state index in [0.717, 1.165) is 51.3 Å². The molecule has 0 radical (unpaired) electrons. The molecule has 3 aliphatic rings. The van der Waals surface area contributed by atoms with Crippen LogP contribution < -0.4 is 5.32 Å². The van der Waals surface area contributed by atoms with Crippen LogP contribution in [0.25, 0.3) is 0 Å². The van der Waals surface area contributed by atoms with E-state index in [4.69, 9.17) is 4.74 Å². The first-order chi connectivity index (χ1) is 8.83. The van der Waals surface area contributed by atoms with E-state index in [0.29, 0.717) is 6.04 Å². The number of ether oxygens (including phenoxy) is 1. The quantitative estimate of drug-likeness (QED) is 0.816. The topological polar surface area (TPSA) is 41.6 Å². The summed E-state index contributed by atoms with van der Waals surface area (Å²) >= 11 is 0. The van der Waals surface area contributed by atoms with Gasteiger partial charge in [-0.1, -0.05) is 0 Å². The van der Waals surface area contributed by atoms with E-state index >= 15 is 0 Å². The molecule has 1 N–H and O–H groups in total. The molecule has 0 spiro atoms. The largest absolute Gasteiger partial charge is 0.368 e. The molecule has 0 aromatic heterocycles. The van der Waals surface area contributed by atoms with Crippen LogP contribution in [0.4, 0.5) is 0 Å². The van der Waals surface area contributed by atoms with Crippen molar-refractivity contribution in [3.05, 3.63) is 0 Å². The van der Waals surface area contributed by atoms with Gasteiger partial charge in [0.05, 0.1) is 0 Å². The van der Waals surface area contributed by atoms with Crippen LogP contribution in [0.1, 0.15) is 38.5 Å². The third-order valence-corrected chi connectivity index (χ3v) is 4.40. The van der Waals surface area contributed by atoms with Gasteiger partial charge in [-0.2, -0.15) is 0 Å². The Balaban J connectivity index is 1.39. The molecule has 3 fully saturated rings. The average Bonchev–Trinajstić information content (AvgIpc) is 3.08. The normalized spacial score (nSPS) is 29.8. The summed E-state index contributed by atoms with van der Waals surface area (Å²) in [7, 11) is 0. The zero-order chi connectivity index (χ0) is 12.4. The zero-order valence-corrected chi connectivity index (χ0v) is 11.1. The van der Waals surface area contributed by atoms with Crippen LogP contribution in [0.5, 0.6) is 0 Å². The summed E-state index contributed by atoms with van der Waals surface area (Å²) in [4.78, 5) is 14.2. The van der Waals surface area contributed by atoms with Gasteiger partial charge in [0.2, 0.25) is 0 Å². The molecule has 0 aromatic carbocycles. The van der Waals surface area contributed by atoms with E-state index in [-0.39, 0.29) is 12.0 Å². The van der Waals surface area contributed by atoms with Crippen LogP contribution in [0.3, 0.4) is 0 Å². The van der Waals surface area contributed by atoms with E-state index in [9.17, 15) is 4.79 Å². The van der Waals surface area contributed by atoms with Crippen molar-refractivity contribution in [2.45, 2.75) is 50.7 Å². The second-order valence-electron chi connectivity index (χ2n) is 5.95. The lowest BCUT2D eigenvalue weighted by Crippen LogP contribution is -2.48. The fourth-order valence-corrected chi connectivity index (χ4v) is 2.94. The highest BCUT2D eigenvalue weighted by Gasteiger charge is 2.31. The van der Waals surface area contributed by atoms with Crippen molar-refractivity contribution in [3.63, 3.8) is 0 Å².